The molecule has 0 spiro atoms. The van der Waals surface area contributed by atoms with Crippen molar-refractivity contribution in [3.8, 4) is 0 Å². The van der Waals surface area contributed by atoms with Crippen molar-refractivity contribution in [3.05, 3.63) is 12.8 Å². The first-order valence-corrected chi connectivity index (χ1v) is 6.68. The highest BCUT2D eigenvalue weighted by Gasteiger charge is 2.15. The van der Waals surface area contributed by atoms with Gasteiger partial charge in [-0.2, -0.15) is 0 Å². The Kier molecular flexibility index (Phi) is 28.1. The summed E-state index contributed by atoms with van der Waals surface area (Å²) < 4.78 is 0. The van der Waals surface area contributed by atoms with Crippen LogP contribution in [-0.4, -0.2) is 74.0 Å². The fourth-order valence-corrected chi connectivity index (χ4v) is 0.862. The number of carbonyl (C=O) groups excluding carboxylic acids is 1. The van der Waals surface area contributed by atoms with Crippen molar-refractivity contribution >= 4 is 23.8 Å². The van der Waals surface area contributed by atoms with Gasteiger partial charge in [-0.1, -0.05) is 6.58 Å². The molecule has 5 N–H and O–H groups in total. The summed E-state index contributed by atoms with van der Waals surface area (Å²) in [6.45, 7) is 7.36. The molecule has 0 atom stereocenters. The highest BCUT2D eigenvalue weighted by molar-refractivity contribution is 5.78. The Morgan fingerprint density at radius 2 is 1.29 bits per heavy atom. The van der Waals surface area contributed by atoms with Crippen LogP contribution in [0.2, 0.25) is 0 Å². The molecule has 0 bridgehead atoms. The number of aliphatic carboxylic acids is 3. The van der Waals surface area contributed by atoms with Gasteiger partial charge in [0.05, 0.1) is 13.2 Å². The quantitative estimate of drug-likeness (QED) is 0.457. The van der Waals surface area contributed by atoms with Crippen LogP contribution in [0, 0.1) is 0 Å². The number of aliphatic hydroxyl groups excluding tert-OH is 2. The molecule has 142 valence electrons. The number of carbonyl (C=O) groups is 4. The Bertz CT molecular complexity index is 327. The van der Waals surface area contributed by atoms with Crippen LogP contribution in [0.15, 0.2) is 12.8 Å². The third-order valence-corrected chi connectivity index (χ3v) is 1.43. The molecular formula is C14H27NO9. The van der Waals surface area contributed by atoms with Gasteiger partial charge in [-0.25, -0.2) is 0 Å². The summed E-state index contributed by atoms with van der Waals surface area (Å²) >= 11 is 0. The maximum Gasteiger partial charge on any atom is 0.300 e. The van der Waals surface area contributed by atoms with E-state index in [-0.39, 0.29) is 19.1 Å². The molecular weight excluding hydrogens is 326 g/mol. The van der Waals surface area contributed by atoms with Crippen molar-refractivity contribution in [3.63, 3.8) is 0 Å². The summed E-state index contributed by atoms with van der Waals surface area (Å²) in [6, 6.07) is 0. The van der Waals surface area contributed by atoms with E-state index in [1.54, 1.807) is 11.1 Å². The van der Waals surface area contributed by atoms with Gasteiger partial charge in [-0.15, -0.1) is 0 Å². The SMILES string of the molecule is C=CN1CCCC1=O.CC(=O)O.CC(=O)O.CC(=O)O.OCCO. The van der Waals surface area contributed by atoms with Crippen LogP contribution in [-0.2, 0) is 19.2 Å². The number of nitrogens with zero attached hydrogens (tertiary/aromatic N) is 1. The average molecular weight is 353 g/mol. The number of hydrogen-bond donors (Lipinski definition) is 5. The molecule has 1 saturated heterocycles. The molecule has 1 rings (SSSR count). The predicted octanol–water partition coefficient (Wildman–Crippen LogP) is -0.00400. The Balaban J connectivity index is -0.000000110. The molecule has 24 heavy (non-hydrogen) atoms. The highest BCUT2D eigenvalue weighted by atomic mass is 16.4. The van der Waals surface area contributed by atoms with E-state index < -0.39 is 17.9 Å². The lowest BCUT2D eigenvalue weighted by atomic mass is 10.4. The van der Waals surface area contributed by atoms with Crippen molar-refractivity contribution in [1.82, 2.24) is 4.90 Å². The fraction of sp³-hybridized carbons (Fsp3) is 0.571. The Labute approximate surface area is 140 Å². The van der Waals surface area contributed by atoms with E-state index in [2.05, 4.69) is 6.58 Å². The molecule has 0 aromatic heterocycles. The Morgan fingerprint density at radius 1 is 1.00 bits per heavy atom. The summed E-state index contributed by atoms with van der Waals surface area (Å²) in [5.41, 5.74) is 0. The number of carboxylic acids is 3. The minimum Gasteiger partial charge on any atom is -0.481 e. The normalized spacial score (nSPS) is 10.9. The zero-order valence-corrected chi connectivity index (χ0v) is 14.1. The molecule has 1 fully saturated rings. The number of aliphatic hydroxyl groups is 2. The molecule has 0 unspecified atom stereocenters. The van der Waals surface area contributed by atoms with Gasteiger partial charge in [0.25, 0.3) is 17.9 Å². The van der Waals surface area contributed by atoms with Crippen LogP contribution in [0.4, 0.5) is 0 Å². The van der Waals surface area contributed by atoms with E-state index in [1.807, 2.05) is 0 Å². The first-order valence-electron chi connectivity index (χ1n) is 6.68. The number of carboxylic acid groups (broad SMARTS) is 3. The molecule has 1 amide bonds. The van der Waals surface area contributed by atoms with Crippen LogP contribution in [0.1, 0.15) is 33.6 Å². The molecule has 0 aromatic rings. The average Bonchev–Trinajstić information content (AvgIpc) is 2.82. The van der Waals surface area contributed by atoms with E-state index in [0.29, 0.717) is 6.42 Å². The van der Waals surface area contributed by atoms with Gasteiger partial charge in [0.1, 0.15) is 0 Å². The van der Waals surface area contributed by atoms with Crippen LogP contribution >= 0.6 is 0 Å². The van der Waals surface area contributed by atoms with E-state index in [4.69, 9.17) is 39.9 Å². The second-order valence-electron chi connectivity index (χ2n) is 3.88. The van der Waals surface area contributed by atoms with E-state index in [1.165, 1.54) is 0 Å². The zero-order valence-electron chi connectivity index (χ0n) is 14.1. The number of hydrogen-bond acceptors (Lipinski definition) is 6. The van der Waals surface area contributed by atoms with Crippen molar-refractivity contribution in [2.75, 3.05) is 19.8 Å². The van der Waals surface area contributed by atoms with Gasteiger partial charge in [0.2, 0.25) is 5.91 Å². The lowest BCUT2D eigenvalue weighted by Gasteiger charge is -2.05. The van der Waals surface area contributed by atoms with Gasteiger partial charge in [0, 0.05) is 33.7 Å². The minimum absolute atomic E-state index is 0.125. The van der Waals surface area contributed by atoms with Gasteiger partial charge >= 0.3 is 0 Å². The Hall–Kier alpha value is -2.46. The van der Waals surface area contributed by atoms with Crippen molar-refractivity contribution < 1.29 is 44.7 Å². The predicted molar refractivity (Wildman–Crippen MR) is 85.2 cm³/mol. The molecule has 0 aliphatic carbocycles. The number of amides is 1. The van der Waals surface area contributed by atoms with Crippen LogP contribution in [0.3, 0.4) is 0 Å². The summed E-state index contributed by atoms with van der Waals surface area (Å²) in [6.07, 6.45) is 3.28. The summed E-state index contributed by atoms with van der Waals surface area (Å²) in [5.74, 6) is -2.29. The standard InChI is InChI=1S/C6H9NO.3C2H4O2.C2H6O2/c1-2-7-5-3-4-6(7)8;3*1-2(3)4;3-1-2-4/h2H,1,3-5H2;3*1H3,(H,3,4);3-4H,1-2H2. The molecule has 10 heteroatoms. The van der Waals surface area contributed by atoms with Crippen molar-refractivity contribution in [2.45, 2.75) is 33.6 Å². The van der Waals surface area contributed by atoms with Crippen molar-refractivity contribution in [1.29, 1.82) is 0 Å². The second-order valence-corrected chi connectivity index (χ2v) is 3.88. The Morgan fingerprint density at radius 3 is 1.38 bits per heavy atom. The van der Waals surface area contributed by atoms with Crippen LogP contribution < -0.4 is 0 Å². The maximum absolute atomic E-state index is 10.7. The van der Waals surface area contributed by atoms with Gasteiger partial charge in [-0.05, 0) is 12.6 Å². The van der Waals surface area contributed by atoms with E-state index >= 15 is 0 Å². The van der Waals surface area contributed by atoms with Crippen LogP contribution in [0.25, 0.3) is 0 Å². The number of likely N-dealkylation sites (tertiary alicyclic amines) is 1. The number of rotatable bonds is 2. The summed E-state index contributed by atoms with van der Waals surface area (Å²) in [4.78, 5) is 39.3. The monoisotopic (exact) mass is 353 g/mol. The first kappa shape index (κ1) is 29.5. The largest absolute Gasteiger partial charge is 0.481 e. The molecule has 0 saturated carbocycles. The van der Waals surface area contributed by atoms with Crippen molar-refractivity contribution in [2.24, 2.45) is 0 Å². The lowest BCUT2D eigenvalue weighted by Crippen LogP contribution is -2.16. The molecule has 10 nitrogen and oxygen atoms in total. The maximum atomic E-state index is 10.7. The van der Waals surface area contributed by atoms with Gasteiger partial charge in [0.15, 0.2) is 0 Å². The summed E-state index contributed by atoms with van der Waals surface area (Å²) in [7, 11) is 0. The third kappa shape index (κ3) is 60.5. The first-order chi connectivity index (χ1) is 11.0. The molecule has 0 radical (unpaired) electrons. The molecule has 1 aliphatic heterocycles. The lowest BCUT2D eigenvalue weighted by molar-refractivity contribution is -0.135. The highest BCUT2D eigenvalue weighted by Crippen LogP contribution is 2.08. The topological polar surface area (TPSA) is 173 Å². The van der Waals surface area contributed by atoms with Gasteiger partial charge < -0.3 is 30.4 Å². The summed E-state index contributed by atoms with van der Waals surface area (Å²) in [5, 5.41) is 37.5. The van der Waals surface area contributed by atoms with Crippen LogP contribution in [0.5, 0.6) is 0 Å². The zero-order chi connectivity index (χ0) is 20.1. The smallest absolute Gasteiger partial charge is 0.300 e. The minimum atomic E-state index is -0.833. The molecule has 1 heterocycles. The molecule has 0 aromatic carbocycles. The molecule has 1 aliphatic rings. The third-order valence-electron chi connectivity index (χ3n) is 1.43. The van der Waals surface area contributed by atoms with Gasteiger partial charge in [-0.3, -0.25) is 19.2 Å². The van der Waals surface area contributed by atoms with E-state index in [9.17, 15) is 4.79 Å². The fourth-order valence-electron chi connectivity index (χ4n) is 0.862. The van der Waals surface area contributed by atoms with E-state index in [0.717, 1.165) is 33.7 Å². The second kappa shape index (κ2) is 22.8.